The summed E-state index contributed by atoms with van der Waals surface area (Å²) in [6.07, 6.45) is 0. The summed E-state index contributed by atoms with van der Waals surface area (Å²) in [4.78, 5) is 2.78. The van der Waals surface area contributed by atoms with Crippen molar-refractivity contribution in [2.24, 2.45) is 5.11 Å². The van der Waals surface area contributed by atoms with Crippen molar-refractivity contribution in [2.75, 3.05) is 0 Å². The van der Waals surface area contributed by atoms with Gasteiger partial charge >= 0.3 is 0 Å². The lowest BCUT2D eigenvalue weighted by Crippen LogP contribution is -2.04. The van der Waals surface area contributed by atoms with Gasteiger partial charge in [0.2, 0.25) is 9.05 Å². The van der Waals surface area contributed by atoms with E-state index in [1.165, 1.54) is 0 Å². The molecular weight excluding hydrogens is 389 g/mol. The highest BCUT2D eigenvalue weighted by Gasteiger charge is 2.18. The Hall–Kier alpha value is -0.500. The van der Waals surface area contributed by atoms with Crippen molar-refractivity contribution in [1.29, 1.82) is 0 Å². The molecule has 0 aliphatic rings. The maximum absolute atomic E-state index is 11.2. The van der Waals surface area contributed by atoms with Crippen LogP contribution in [0.5, 0.6) is 0 Å². The molecule has 0 N–H and O–H groups in total. The molecule has 0 aliphatic heterocycles. The van der Waals surface area contributed by atoms with Gasteiger partial charge < -0.3 is 0 Å². The number of halogens is 2. The Balaban J connectivity index is 3.67. The molecule has 0 radical (unpaired) electrons. The maximum atomic E-state index is 11.2. The highest BCUT2D eigenvalue weighted by Crippen LogP contribution is 2.35. The van der Waals surface area contributed by atoms with E-state index >= 15 is 0 Å². The van der Waals surface area contributed by atoms with Crippen molar-refractivity contribution >= 4 is 48.0 Å². The molecule has 0 aliphatic carbocycles. The van der Waals surface area contributed by atoms with Gasteiger partial charge in [-0.25, -0.2) is 8.42 Å². The Morgan fingerprint density at radius 3 is 2.28 bits per heavy atom. The van der Waals surface area contributed by atoms with Crippen LogP contribution in [0, 0.1) is 24.3 Å². The van der Waals surface area contributed by atoms with Crippen molar-refractivity contribution in [1.82, 2.24) is 0 Å². The lowest BCUT2D eigenvalue weighted by Gasteiger charge is -2.16. The van der Waals surface area contributed by atoms with Crippen LogP contribution >= 0.6 is 33.3 Å². The lowest BCUT2D eigenvalue weighted by molar-refractivity contribution is 0.608. The van der Waals surface area contributed by atoms with Crippen LogP contribution in [-0.4, -0.2) is 8.42 Å². The summed E-state index contributed by atoms with van der Waals surface area (Å²) in [6.45, 7) is 5.40. The van der Waals surface area contributed by atoms with Crippen LogP contribution < -0.4 is 0 Å². The summed E-state index contributed by atoms with van der Waals surface area (Å²) in [6, 6.07) is 0. The molecule has 8 heteroatoms. The van der Waals surface area contributed by atoms with Crippen LogP contribution in [0.4, 0.5) is 5.69 Å². The van der Waals surface area contributed by atoms with E-state index in [1.54, 1.807) is 6.92 Å². The Morgan fingerprint density at radius 2 is 1.83 bits per heavy atom. The van der Waals surface area contributed by atoms with Crippen LogP contribution in [0.3, 0.4) is 0 Å². The second-order valence-corrected chi connectivity index (χ2v) is 7.74. The van der Waals surface area contributed by atoms with Gasteiger partial charge in [-0.05, 0) is 71.1 Å². The molecule has 5 nitrogen and oxygen atoms in total. The largest absolute Gasteiger partial charge is 0.236 e. The van der Waals surface area contributed by atoms with E-state index in [9.17, 15) is 8.42 Å². The van der Waals surface area contributed by atoms with Gasteiger partial charge in [0.25, 0.3) is 0 Å². The van der Waals surface area contributed by atoms with Gasteiger partial charge in [-0.2, -0.15) is 0 Å². The number of hydrogen-bond acceptors (Lipinski definition) is 3. The first-order valence-corrected chi connectivity index (χ1v) is 8.50. The lowest BCUT2D eigenvalue weighted by atomic mass is 9.99. The molecule has 98 valence electrons. The summed E-state index contributed by atoms with van der Waals surface area (Å²) in [5.41, 5.74) is 12.0. The van der Waals surface area contributed by atoms with Gasteiger partial charge in [-0.3, -0.25) is 0 Å². The molecular formula is C10H11ClIN3O2S. The Bertz CT molecular complexity index is 652. The molecule has 0 heterocycles. The van der Waals surface area contributed by atoms with Crippen LogP contribution in [0.15, 0.2) is 5.11 Å². The fourth-order valence-corrected chi connectivity index (χ4v) is 3.49. The number of rotatable bonds is 3. The van der Waals surface area contributed by atoms with Gasteiger partial charge in [0, 0.05) is 24.9 Å². The second-order valence-electron chi connectivity index (χ2n) is 3.89. The van der Waals surface area contributed by atoms with Gasteiger partial charge in [-0.15, -0.1) is 0 Å². The monoisotopic (exact) mass is 399 g/mol. The number of benzene rings is 1. The van der Waals surface area contributed by atoms with Crippen LogP contribution in [0.2, 0.25) is 0 Å². The van der Waals surface area contributed by atoms with E-state index in [0.717, 1.165) is 14.7 Å². The first-order chi connectivity index (χ1) is 8.19. The Labute approximate surface area is 124 Å². The zero-order valence-corrected chi connectivity index (χ0v) is 13.8. The fourth-order valence-electron chi connectivity index (χ4n) is 1.81. The molecule has 0 fully saturated rings. The fraction of sp³-hybridized carbons (Fsp3) is 0.400. The van der Waals surface area contributed by atoms with E-state index < -0.39 is 9.05 Å². The maximum Gasteiger partial charge on any atom is 0.236 e. The summed E-state index contributed by atoms with van der Waals surface area (Å²) < 4.78 is 23.3. The molecule has 0 spiro atoms. The zero-order chi connectivity index (χ0) is 14.1. The smallest absolute Gasteiger partial charge is 0.212 e. The SMILES string of the molecule is Cc1c(I)c(C)c(N=[N+]=[N-])c(C)c1CS(=O)(=O)Cl. The van der Waals surface area contributed by atoms with Crippen molar-refractivity contribution < 1.29 is 8.42 Å². The third-order valence-corrected chi connectivity index (χ3v) is 5.31. The van der Waals surface area contributed by atoms with E-state index in [0.29, 0.717) is 16.8 Å². The van der Waals surface area contributed by atoms with Gasteiger partial charge in [-0.1, -0.05) is 5.11 Å². The third-order valence-electron chi connectivity index (χ3n) is 2.74. The zero-order valence-electron chi connectivity index (χ0n) is 10.0. The van der Waals surface area contributed by atoms with Gasteiger partial charge in [0.15, 0.2) is 0 Å². The quantitative estimate of drug-likeness (QED) is 0.250. The summed E-state index contributed by atoms with van der Waals surface area (Å²) >= 11 is 2.11. The minimum absolute atomic E-state index is 0.267. The van der Waals surface area contributed by atoms with E-state index in [2.05, 4.69) is 32.6 Å². The molecule has 1 aromatic carbocycles. The molecule has 0 aromatic heterocycles. The predicted octanol–water partition coefficient (Wildman–Crippen LogP) is 4.23. The molecule has 0 bridgehead atoms. The number of hydrogen-bond donors (Lipinski definition) is 0. The van der Waals surface area contributed by atoms with Crippen molar-refractivity contribution in [3.05, 3.63) is 36.3 Å². The van der Waals surface area contributed by atoms with Crippen LogP contribution in [0.25, 0.3) is 10.4 Å². The van der Waals surface area contributed by atoms with Gasteiger partial charge in [0.1, 0.15) is 0 Å². The standard InChI is InChI=1S/C10H11ClIN3O2S/c1-5-8(4-18(11,16)17)6(2)10(14-15-13)7(3)9(5)12/h4H2,1-3H3. The average Bonchev–Trinajstić information content (AvgIpc) is 2.26. The third kappa shape index (κ3) is 3.28. The van der Waals surface area contributed by atoms with E-state index in [4.69, 9.17) is 16.2 Å². The first kappa shape index (κ1) is 15.6. The first-order valence-electron chi connectivity index (χ1n) is 4.94. The average molecular weight is 400 g/mol. The highest BCUT2D eigenvalue weighted by molar-refractivity contribution is 14.1. The molecule has 0 unspecified atom stereocenters. The number of nitrogens with zero attached hydrogens (tertiary/aromatic N) is 3. The minimum atomic E-state index is -3.65. The minimum Gasteiger partial charge on any atom is -0.212 e. The molecule has 1 aromatic rings. The molecule has 0 amide bonds. The topological polar surface area (TPSA) is 82.9 Å². The molecule has 1 rings (SSSR count). The van der Waals surface area contributed by atoms with Crippen molar-refractivity contribution in [3.63, 3.8) is 0 Å². The number of azide groups is 1. The summed E-state index contributed by atoms with van der Waals surface area (Å²) in [5.74, 6) is -0.267. The van der Waals surface area contributed by atoms with Crippen LogP contribution in [0.1, 0.15) is 22.3 Å². The highest BCUT2D eigenvalue weighted by atomic mass is 127. The normalized spacial score (nSPS) is 11.2. The molecule has 0 saturated carbocycles. The Kier molecular flexibility index (Phi) is 4.88. The Morgan fingerprint density at radius 1 is 1.28 bits per heavy atom. The van der Waals surface area contributed by atoms with Crippen molar-refractivity contribution in [2.45, 2.75) is 26.5 Å². The summed E-state index contributed by atoms with van der Waals surface area (Å²) in [5, 5.41) is 3.64. The van der Waals surface area contributed by atoms with E-state index in [-0.39, 0.29) is 5.75 Å². The molecule has 0 saturated heterocycles. The molecule has 18 heavy (non-hydrogen) atoms. The predicted molar refractivity (Wildman–Crippen MR) is 80.7 cm³/mol. The van der Waals surface area contributed by atoms with Crippen LogP contribution in [-0.2, 0) is 14.8 Å². The van der Waals surface area contributed by atoms with E-state index in [1.807, 2.05) is 13.8 Å². The second kappa shape index (κ2) is 5.64. The summed E-state index contributed by atoms with van der Waals surface area (Å²) in [7, 11) is 1.65. The molecule has 0 atom stereocenters. The van der Waals surface area contributed by atoms with Gasteiger partial charge in [0.05, 0.1) is 5.75 Å². The van der Waals surface area contributed by atoms with Crippen molar-refractivity contribution in [3.8, 4) is 0 Å².